The predicted molar refractivity (Wildman–Crippen MR) is 66.7 cm³/mol. The smallest absolute Gasteiger partial charge is 0.242 e. The van der Waals surface area contributed by atoms with E-state index in [1.165, 1.54) is 0 Å². The fraction of sp³-hybridized carbons (Fsp3) is 0.923. The first-order valence-electron chi connectivity index (χ1n) is 6.90. The Labute approximate surface area is 103 Å². The van der Waals surface area contributed by atoms with Gasteiger partial charge in [0.1, 0.15) is 0 Å². The van der Waals surface area contributed by atoms with Crippen molar-refractivity contribution in [3.8, 4) is 0 Å². The summed E-state index contributed by atoms with van der Waals surface area (Å²) >= 11 is 0. The summed E-state index contributed by atoms with van der Waals surface area (Å²) in [5.74, 6) is 0.267. The second kappa shape index (κ2) is 5.36. The molecule has 0 saturated carbocycles. The first-order chi connectivity index (χ1) is 8.18. The van der Waals surface area contributed by atoms with Crippen LogP contribution in [-0.4, -0.2) is 47.2 Å². The number of likely N-dealkylation sites (tertiary alicyclic amines) is 1. The van der Waals surface area contributed by atoms with Crippen LogP contribution in [0, 0.1) is 0 Å². The Morgan fingerprint density at radius 3 is 2.71 bits per heavy atom. The molecule has 2 fully saturated rings. The third-order valence-electron chi connectivity index (χ3n) is 4.08. The summed E-state index contributed by atoms with van der Waals surface area (Å²) in [7, 11) is 0. The van der Waals surface area contributed by atoms with Crippen LogP contribution in [0.3, 0.4) is 0 Å². The number of amides is 1. The Balaban J connectivity index is 2.01. The minimum Gasteiger partial charge on any atom is -0.393 e. The van der Waals surface area contributed by atoms with Gasteiger partial charge in [-0.25, -0.2) is 0 Å². The van der Waals surface area contributed by atoms with Crippen LogP contribution in [0.1, 0.15) is 45.4 Å². The molecular weight excluding hydrogens is 216 g/mol. The van der Waals surface area contributed by atoms with Gasteiger partial charge in [-0.3, -0.25) is 4.79 Å². The molecule has 1 atom stereocenters. The van der Waals surface area contributed by atoms with Gasteiger partial charge in [0, 0.05) is 13.1 Å². The van der Waals surface area contributed by atoms with Gasteiger partial charge in [-0.05, 0) is 38.6 Å². The molecule has 2 rings (SSSR count). The van der Waals surface area contributed by atoms with Crippen LogP contribution in [0.4, 0.5) is 0 Å². The SMILES string of the molecule is CCCC1(C(=O)N2CCC(O)CC2)CCCN1. The van der Waals surface area contributed by atoms with Gasteiger partial charge in [-0.1, -0.05) is 13.3 Å². The van der Waals surface area contributed by atoms with Gasteiger partial charge in [0.15, 0.2) is 0 Å². The van der Waals surface area contributed by atoms with E-state index in [1.54, 1.807) is 0 Å². The van der Waals surface area contributed by atoms with Crippen LogP contribution in [0.2, 0.25) is 0 Å². The van der Waals surface area contributed by atoms with Crippen LogP contribution in [0.5, 0.6) is 0 Å². The van der Waals surface area contributed by atoms with Gasteiger partial charge in [0.2, 0.25) is 5.91 Å². The number of hydrogen-bond donors (Lipinski definition) is 2. The van der Waals surface area contributed by atoms with Gasteiger partial charge in [0.25, 0.3) is 0 Å². The van der Waals surface area contributed by atoms with Crippen molar-refractivity contribution in [2.75, 3.05) is 19.6 Å². The number of carbonyl (C=O) groups is 1. The summed E-state index contributed by atoms with van der Waals surface area (Å²) in [6, 6.07) is 0. The Morgan fingerprint density at radius 1 is 1.47 bits per heavy atom. The van der Waals surface area contributed by atoms with Crippen molar-refractivity contribution in [1.82, 2.24) is 10.2 Å². The molecule has 0 spiro atoms. The first kappa shape index (κ1) is 12.8. The third kappa shape index (κ3) is 2.63. The van der Waals surface area contributed by atoms with Crippen molar-refractivity contribution in [3.05, 3.63) is 0 Å². The topological polar surface area (TPSA) is 52.6 Å². The highest BCUT2D eigenvalue weighted by Gasteiger charge is 2.42. The average molecular weight is 240 g/mol. The molecule has 2 heterocycles. The van der Waals surface area contributed by atoms with E-state index in [4.69, 9.17) is 0 Å². The highest BCUT2D eigenvalue weighted by atomic mass is 16.3. The molecule has 2 aliphatic heterocycles. The number of nitrogens with zero attached hydrogens (tertiary/aromatic N) is 1. The number of aliphatic hydroxyl groups excluding tert-OH is 1. The zero-order valence-corrected chi connectivity index (χ0v) is 10.7. The highest BCUT2D eigenvalue weighted by molar-refractivity contribution is 5.86. The number of aliphatic hydroxyl groups is 1. The molecule has 1 amide bonds. The van der Waals surface area contributed by atoms with E-state index in [0.29, 0.717) is 13.1 Å². The number of piperidine rings is 1. The van der Waals surface area contributed by atoms with E-state index in [-0.39, 0.29) is 17.6 Å². The summed E-state index contributed by atoms with van der Waals surface area (Å²) in [5, 5.41) is 12.9. The summed E-state index contributed by atoms with van der Waals surface area (Å²) in [4.78, 5) is 14.5. The maximum absolute atomic E-state index is 12.6. The Bertz CT molecular complexity index is 267. The molecule has 0 radical (unpaired) electrons. The van der Waals surface area contributed by atoms with Crippen molar-refractivity contribution in [1.29, 1.82) is 0 Å². The molecule has 2 N–H and O–H groups in total. The van der Waals surface area contributed by atoms with E-state index < -0.39 is 0 Å². The van der Waals surface area contributed by atoms with Gasteiger partial charge in [0.05, 0.1) is 11.6 Å². The lowest BCUT2D eigenvalue weighted by Crippen LogP contribution is -2.56. The molecule has 4 heteroatoms. The van der Waals surface area contributed by atoms with Crippen molar-refractivity contribution in [2.24, 2.45) is 0 Å². The molecule has 1 unspecified atom stereocenters. The molecule has 0 bridgehead atoms. The Kier molecular flexibility index (Phi) is 4.05. The number of hydrogen-bond acceptors (Lipinski definition) is 3. The quantitative estimate of drug-likeness (QED) is 0.770. The normalized spacial score (nSPS) is 30.8. The number of carbonyl (C=O) groups excluding carboxylic acids is 1. The van der Waals surface area contributed by atoms with Crippen molar-refractivity contribution < 1.29 is 9.90 Å². The summed E-state index contributed by atoms with van der Waals surface area (Å²) in [6.07, 6.45) is 5.29. The van der Waals surface area contributed by atoms with Crippen molar-refractivity contribution in [2.45, 2.75) is 57.1 Å². The Hall–Kier alpha value is -0.610. The largest absolute Gasteiger partial charge is 0.393 e. The molecule has 4 nitrogen and oxygen atoms in total. The molecule has 0 aromatic carbocycles. The number of rotatable bonds is 3. The molecule has 2 saturated heterocycles. The second-order valence-corrected chi connectivity index (χ2v) is 5.39. The van der Waals surface area contributed by atoms with Crippen molar-refractivity contribution in [3.63, 3.8) is 0 Å². The highest BCUT2D eigenvalue weighted by Crippen LogP contribution is 2.28. The fourth-order valence-electron chi connectivity index (χ4n) is 3.11. The van der Waals surface area contributed by atoms with Crippen LogP contribution in [0.15, 0.2) is 0 Å². The number of nitrogens with one attached hydrogen (secondary N) is 1. The minimum absolute atomic E-state index is 0.210. The fourth-order valence-corrected chi connectivity index (χ4v) is 3.11. The summed E-state index contributed by atoms with van der Waals surface area (Å²) in [5.41, 5.74) is -0.295. The van der Waals surface area contributed by atoms with E-state index in [2.05, 4.69) is 12.2 Å². The summed E-state index contributed by atoms with van der Waals surface area (Å²) in [6.45, 7) is 4.53. The molecule has 0 aliphatic carbocycles. The lowest BCUT2D eigenvalue weighted by atomic mass is 9.89. The second-order valence-electron chi connectivity index (χ2n) is 5.39. The molecule has 0 aromatic heterocycles. The van der Waals surface area contributed by atoms with Crippen LogP contribution in [-0.2, 0) is 4.79 Å². The van der Waals surface area contributed by atoms with E-state index in [9.17, 15) is 9.90 Å². The Morgan fingerprint density at radius 2 is 2.18 bits per heavy atom. The zero-order chi connectivity index (χ0) is 12.3. The third-order valence-corrected chi connectivity index (χ3v) is 4.08. The lowest BCUT2D eigenvalue weighted by molar-refractivity contribution is -0.140. The summed E-state index contributed by atoms with van der Waals surface area (Å²) < 4.78 is 0. The molecular formula is C13H24N2O2. The van der Waals surface area contributed by atoms with Crippen LogP contribution >= 0.6 is 0 Å². The molecule has 98 valence electrons. The molecule has 17 heavy (non-hydrogen) atoms. The predicted octanol–water partition coefficient (Wildman–Crippen LogP) is 0.892. The van der Waals surface area contributed by atoms with Crippen LogP contribution in [0.25, 0.3) is 0 Å². The van der Waals surface area contributed by atoms with E-state index in [1.807, 2.05) is 4.90 Å². The maximum atomic E-state index is 12.6. The van der Waals surface area contributed by atoms with Gasteiger partial charge in [-0.2, -0.15) is 0 Å². The minimum atomic E-state index is -0.295. The first-order valence-corrected chi connectivity index (χ1v) is 6.90. The van der Waals surface area contributed by atoms with Gasteiger partial charge in [-0.15, -0.1) is 0 Å². The zero-order valence-electron chi connectivity index (χ0n) is 10.7. The average Bonchev–Trinajstić information content (AvgIpc) is 2.79. The van der Waals surface area contributed by atoms with Gasteiger partial charge < -0.3 is 15.3 Å². The monoisotopic (exact) mass is 240 g/mol. The van der Waals surface area contributed by atoms with E-state index >= 15 is 0 Å². The molecule has 2 aliphatic rings. The van der Waals surface area contributed by atoms with Crippen molar-refractivity contribution >= 4 is 5.91 Å². The van der Waals surface area contributed by atoms with Crippen LogP contribution < -0.4 is 5.32 Å². The van der Waals surface area contributed by atoms with E-state index in [0.717, 1.165) is 45.1 Å². The van der Waals surface area contributed by atoms with Gasteiger partial charge >= 0.3 is 0 Å². The molecule has 0 aromatic rings. The maximum Gasteiger partial charge on any atom is 0.242 e. The lowest BCUT2D eigenvalue weighted by Gasteiger charge is -2.37. The standard InChI is InChI=1S/C13H24N2O2/c1-2-6-13(7-3-8-14-13)12(17)15-9-4-11(16)5-10-15/h11,14,16H,2-10H2,1H3.